The smallest absolute Gasteiger partial charge is 0.304 e. The Labute approximate surface area is 115 Å². The van der Waals surface area contributed by atoms with Gasteiger partial charge in [-0.2, -0.15) is 0 Å². The van der Waals surface area contributed by atoms with Crippen molar-refractivity contribution < 1.29 is 9.90 Å². The van der Waals surface area contributed by atoms with Crippen molar-refractivity contribution in [3.8, 4) is 0 Å². The number of halogens is 1. The minimum atomic E-state index is -0.737. The molecule has 0 bridgehead atoms. The SMILES string of the molecule is CCN(Cc1cc(Br)c(C)s1)C(C)CC(=O)O. The Hall–Kier alpha value is -0.390. The third kappa shape index (κ3) is 4.41. The highest BCUT2D eigenvalue weighted by atomic mass is 79.9. The van der Waals surface area contributed by atoms with Crippen LogP contribution >= 0.6 is 27.3 Å². The summed E-state index contributed by atoms with van der Waals surface area (Å²) in [6, 6.07) is 2.19. The number of carboxylic acids is 1. The Morgan fingerprint density at radius 1 is 1.65 bits per heavy atom. The van der Waals surface area contributed by atoms with Crippen LogP contribution in [0.5, 0.6) is 0 Å². The van der Waals surface area contributed by atoms with Gasteiger partial charge in [-0.3, -0.25) is 9.69 Å². The molecule has 0 aliphatic carbocycles. The highest BCUT2D eigenvalue weighted by Crippen LogP contribution is 2.27. The van der Waals surface area contributed by atoms with Crippen molar-refractivity contribution in [2.75, 3.05) is 6.54 Å². The molecule has 0 fully saturated rings. The van der Waals surface area contributed by atoms with E-state index >= 15 is 0 Å². The Morgan fingerprint density at radius 3 is 2.71 bits per heavy atom. The summed E-state index contributed by atoms with van der Waals surface area (Å²) in [5.41, 5.74) is 0. The minimum Gasteiger partial charge on any atom is -0.481 e. The predicted octanol–water partition coefficient (Wildman–Crippen LogP) is 3.50. The van der Waals surface area contributed by atoms with E-state index < -0.39 is 5.97 Å². The van der Waals surface area contributed by atoms with Crippen LogP contribution in [0.2, 0.25) is 0 Å². The molecule has 0 saturated heterocycles. The average molecular weight is 320 g/mol. The Bertz CT molecular complexity index is 372. The molecule has 0 spiro atoms. The van der Waals surface area contributed by atoms with Crippen molar-refractivity contribution in [1.82, 2.24) is 4.90 Å². The van der Waals surface area contributed by atoms with Crippen LogP contribution in [0.3, 0.4) is 0 Å². The van der Waals surface area contributed by atoms with Crippen molar-refractivity contribution in [2.45, 2.75) is 39.8 Å². The Balaban J connectivity index is 2.66. The number of aryl methyl sites for hydroxylation is 1. The molecule has 0 saturated carbocycles. The number of rotatable bonds is 6. The first-order valence-corrected chi connectivity index (χ1v) is 7.25. The predicted molar refractivity (Wildman–Crippen MR) is 74.6 cm³/mol. The molecule has 0 aromatic carbocycles. The molecule has 3 nitrogen and oxygen atoms in total. The maximum absolute atomic E-state index is 10.7. The summed E-state index contributed by atoms with van der Waals surface area (Å²) in [6.07, 6.45) is 0.194. The lowest BCUT2D eigenvalue weighted by molar-refractivity contribution is -0.138. The first kappa shape index (κ1) is 14.7. The van der Waals surface area contributed by atoms with E-state index in [2.05, 4.69) is 40.7 Å². The van der Waals surface area contributed by atoms with Gasteiger partial charge in [-0.05, 0) is 42.4 Å². The number of thiophene rings is 1. The maximum Gasteiger partial charge on any atom is 0.304 e. The summed E-state index contributed by atoms with van der Waals surface area (Å²) in [5.74, 6) is -0.737. The van der Waals surface area contributed by atoms with Crippen LogP contribution in [0.25, 0.3) is 0 Å². The van der Waals surface area contributed by atoms with Gasteiger partial charge in [0.2, 0.25) is 0 Å². The lowest BCUT2D eigenvalue weighted by Gasteiger charge is -2.26. The zero-order valence-electron chi connectivity index (χ0n) is 10.4. The molecule has 1 atom stereocenters. The van der Waals surface area contributed by atoms with Gasteiger partial charge in [-0.1, -0.05) is 6.92 Å². The van der Waals surface area contributed by atoms with Crippen LogP contribution in [-0.4, -0.2) is 28.6 Å². The molecular formula is C12H18BrNO2S. The number of carboxylic acid groups (broad SMARTS) is 1. The second-order valence-corrected chi connectivity index (χ2v) is 6.32. The Morgan fingerprint density at radius 2 is 2.29 bits per heavy atom. The largest absolute Gasteiger partial charge is 0.481 e. The summed E-state index contributed by atoms with van der Waals surface area (Å²) >= 11 is 5.26. The topological polar surface area (TPSA) is 40.5 Å². The van der Waals surface area contributed by atoms with E-state index in [9.17, 15) is 4.79 Å². The third-order valence-corrected chi connectivity index (χ3v) is 4.89. The third-order valence-electron chi connectivity index (χ3n) is 2.77. The quantitative estimate of drug-likeness (QED) is 0.872. The monoisotopic (exact) mass is 319 g/mol. The summed E-state index contributed by atoms with van der Waals surface area (Å²) in [6.45, 7) is 7.79. The molecule has 1 rings (SSSR count). The van der Waals surface area contributed by atoms with E-state index in [0.29, 0.717) is 0 Å². The van der Waals surface area contributed by atoms with Gasteiger partial charge >= 0.3 is 5.97 Å². The molecule has 1 aromatic rings. The molecule has 0 aliphatic heterocycles. The fourth-order valence-corrected chi connectivity index (χ4v) is 3.38. The molecule has 1 unspecified atom stereocenters. The molecule has 1 N–H and O–H groups in total. The van der Waals surface area contributed by atoms with Gasteiger partial charge < -0.3 is 5.11 Å². The van der Waals surface area contributed by atoms with Gasteiger partial charge in [-0.25, -0.2) is 0 Å². The van der Waals surface area contributed by atoms with E-state index in [1.54, 1.807) is 11.3 Å². The number of aliphatic carboxylic acids is 1. The summed E-state index contributed by atoms with van der Waals surface area (Å²) in [5, 5.41) is 8.81. The van der Waals surface area contributed by atoms with E-state index in [-0.39, 0.29) is 12.5 Å². The lowest BCUT2D eigenvalue weighted by Crippen LogP contribution is -2.33. The van der Waals surface area contributed by atoms with Crippen LogP contribution in [0, 0.1) is 6.92 Å². The molecule has 0 aliphatic rings. The van der Waals surface area contributed by atoms with Crippen molar-refractivity contribution in [2.24, 2.45) is 0 Å². The molecule has 1 heterocycles. The standard InChI is InChI=1S/C12H18BrNO2S/c1-4-14(8(2)5-12(15)16)7-10-6-11(13)9(3)17-10/h6,8H,4-5,7H2,1-3H3,(H,15,16). The van der Waals surface area contributed by atoms with Gasteiger partial charge in [0.1, 0.15) is 0 Å². The molecule has 5 heteroatoms. The summed E-state index contributed by atoms with van der Waals surface area (Å²) < 4.78 is 1.14. The first-order chi connectivity index (χ1) is 7.93. The number of nitrogens with zero attached hydrogens (tertiary/aromatic N) is 1. The van der Waals surface area contributed by atoms with Gasteiger partial charge in [0, 0.05) is 26.8 Å². The molecule has 17 heavy (non-hydrogen) atoms. The van der Waals surface area contributed by atoms with E-state index in [1.165, 1.54) is 9.75 Å². The fraction of sp³-hybridized carbons (Fsp3) is 0.583. The van der Waals surface area contributed by atoms with E-state index in [0.717, 1.165) is 17.6 Å². The van der Waals surface area contributed by atoms with Gasteiger partial charge in [-0.15, -0.1) is 11.3 Å². The highest BCUT2D eigenvalue weighted by molar-refractivity contribution is 9.10. The lowest BCUT2D eigenvalue weighted by atomic mass is 10.2. The number of hydrogen-bond acceptors (Lipinski definition) is 3. The molecule has 0 amide bonds. The second kappa shape index (κ2) is 6.52. The van der Waals surface area contributed by atoms with Crippen molar-refractivity contribution in [3.63, 3.8) is 0 Å². The fourth-order valence-electron chi connectivity index (χ4n) is 1.76. The van der Waals surface area contributed by atoms with E-state index in [1.807, 2.05) is 6.92 Å². The zero-order chi connectivity index (χ0) is 13.0. The second-order valence-electron chi connectivity index (χ2n) is 4.13. The van der Waals surface area contributed by atoms with Gasteiger partial charge in [0.05, 0.1) is 6.42 Å². The summed E-state index contributed by atoms with van der Waals surface area (Å²) in [7, 11) is 0. The summed E-state index contributed by atoms with van der Waals surface area (Å²) in [4.78, 5) is 15.4. The molecule has 1 aromatic heterocycles. The van der Waals surface area contributed by atoms with Crippen LogP contribution in [0.15, 0.2) is 10.5 Å². The minimum absolute atomic E-state index is 0.0682. The molecule has 0 radical (unpaired) electrons. The number of hydrogen-bond donors (Lipinski definition) is 1. The van der Waals surface area contributed by atoms with E-state index in [4.69, 9.17) is 5.11 Å². The van der Waals surface area contributed by atoms with Gasteiger partial charge in [0.25, 0.3) is 0 Å². The number of carbonyl (C=O) groups is 1. The zero-order valence-corrected chi connectivity index (χ0v) is 12.8. The van der Waals surface area contributed by atoms with Crippen LogP contribution in [0.1, 0.15) is 30.0 Å². The highest BCUT2D eigenvalue weighted by Gasteiger charge is 2.16. The van der Waals surface area contributed by atoms with Crippen LogP contribution < -0.4 is 0 Å². The normalized spacial score (nSPS) is 13.0. The molecule has 96 valence electrons. The Kier molecular flexibility index (Phi) is 5.62. The van der Waals surface area contributed by atoms with Crippen LogP contribution in [0.4, 0.5) is 0 Å². The van der Waals surface area contributed by atoms with Crippen LogP contribution in [-0.2, 0) is 11.3 Å². The average Bonchev–Trinajstić information content (AvgIpc) is 2.53. The van der Waals surface area contributed by atoms with Crippen molar-refractivity contribution >= 4 is 33.2 Å². The first-order valence-electron chi connectivity index (χ1n) is 5.64. The maximum atomic E-state index is 10.7. The van der Waals surface area contributed by atoms with Crippen molar-refractivity contribution in [1.29, 1.82) is 0 Å². The van der Waals surface area contributed by atoms with Crippen molar-refractivity contribution in [3.05, 3.63) is 20.3 Å². The van der Waals surface area contributed by atoms with Gasteiger partial charge in [0.15, 0.2) is 0 Å². The molecular weight excluding hydrogens is 302 g/mol.